The molecule has 7 heteroatoms. The molecule has 6 nitrogen and oxygen atoms in total. The summed E-state index contributed by atoms with van der Waals surface area (Å²) < 4.78 is 14.0. The number of likely N-dealkylation sites (N-methyl/N-ethyl adjacent to an activating group) is 1. The van der Waals surface area contributed by atoms with Gasteiger partial charge in [0.2, 0.25) is 17.7 Å². The number of piperazine rings is 1. The van der Waals surface area contributed by atoms with E-state index in [4.69, 9.17) is 0 Å². The summed E-state index contributed by atoms with van der Waals surface area (Å²) in [6.07, 6.45) is 3.45. The fourth-order valence-corrected chi connectivity index (χ4v) is 4.97. The van der Waals surface area contributed by atoms with E-state index < -0.39 is 11.2 Å². The molecule has 0 radical (unpaired) electrons. The molecular formula is C22H28FN3O3. The van der Waals surface area contributed by atoms with E-state index in [2.05, 4.69) is 4.90 Å². The lowest BCUT2D eigenvalue weighted by Gasteiger charge is -2.35. The van der Waals surface area contributed by atoms with Gasteiger partial charge in [-0.05, 0) is 37.6 Å². The van der Waals surface area contributed by atoms with Crippen LogP contribution in [-0.2, 0) is 19.8 Å². The highest BCUT2D eigenvalue weighted by molar-refractivity contribution is 6.11. The van der Waals surface area contributed by atoms with E-state index in [0.29, 0.717) is 18.7 Å². The molecule has 29 heavy (non-hydrogen) atoms. The Bertz CT molecular complexity index is 815. The summed E-state index contributed by atoms with van der Waals surface area (Å²) in [5, 5.41) is 0. The first-order valence-corrected chi connectivity index (χ1v) is 10.5. The van der Waals surface area contributed by atoms with Crippen LogP contribution < -0.4 is 0 Å². The minimum atomic E-state index is -1.30. The van der Waals surface area contributed by atoms with E-state index in [9.17, 15) is 18.8 Å². The molecule has 0 N–H and O–H groups in total. The Morgan fingerprint density at radius 1 is 1.14 bits per heavy atom. The lowest BCUT2D eigenvalue weighted by atomic mass is 9.75. The Kier molecular flexibility index (Phi) is 5.42. The van der Waals surface area contributed by atoms with Crippen molar-refractivity contribution in [2.24, 2.45) is 0 Å². The summed E-state index contributed by atoms with van der Waals surface area (Å²) in [6.45, 7) is 2.76. The predicted octanol–water partition coefficient (Wildman–Crippen LogP) is 1.93. The highest BCUT2D eigenvalue weighted by atomic mass is 19.1. The van der Waals surface area contributed by atoms with Crippen LogP contribution in [0.25, 0.3) is 0 Å². The summed E-state index contributed by atoms with van der Waals surface area (Å²) in [5.74, 6) is -1.18. The van der Waals surface area contributed by atoms with Gasteiger partial charge < -0.3 is 9.80 Å². The van der Waals surface area contributed by atoms with Gasteiger partial charge in [-0.1, -0.05) is 25.0 Å². The Morgan fingerprint density at radius 2 is 1.83 bits per heavy atom. The zero-order chi connectivity index (χ0) is 20.6. The molecule has 156 valence electrons. The average Bonchev–Trinajstić information content (AvgIpc) is 3.29. The van der Waals surface area contributed by atoms with Gasteiger partial charge in [0.15, 0.2) is 0 Å². The average molecular weight is 401 g/mol. The highest BCUT2D eigenvalue weighted by Gasteiger charge is 2.56. The zero-order valence-electron chi connectivity index (χ0n) is 16.9. The van der Waals surface area contributed by atoms with Crippen molar-refractivity contribution in [1.29, 1.82) is 0 Å². The molecule has 0 unspecified atom stereocenters. The molecule has 1 saturated carbocycles. The Morgan fingerprint density at radius 3 is 2.48 bits per heavy atom. The normalized spacial score (nSPS) is 26.6. The summed E-state index contributed by atoms with van der Waals surface area (Å²) >= 11 is 0. The van der Waals surface area contributed by atoms with Crippen molar-refractivity contribution in [2.45, 2.75) is 50.0 Å². The number of halogens is 1. The van der Waals surface area contributed by atoms with Gasteiger partial charge in [-0.3, -0.25) is 19.3 Å². The standard InChI is InChI=1S/C22H28FN3O3/c1-24-9-11-25(12-10-24)19(27)14-22(16-5-4-6-17(23)13-16)15-20(28)26(21(22)29)18-7-2-3-8-18/h4-6,13,18H,2-3,7-12,14-15H2,1H3/t22-/m0/s1. The van der Waals surface area contributed by atoms with Crippen LogP contribution in [0.5, 0.6) is 0 Å². The van der Waals surface area contributed by atoms with E-state index in [1.165, 1.54) is 17.0 Å². The monoisotopic (exact) mass is 401 g/mol. The largest absolute Gasteiger partial charge is 0.340 e. The number of amides is 3. The fraction of sp³-hybridized carbons (Fsp3) is 0.591. The zero-order valence-corrected chi connectivity index (χ0v) is 16.9. The number of carbonyl (C=O) groups excluding carboxylic acids is 3. The minimum Gasteiger partial charge on any atom is -0.340 e. The number of hydrogen-bond donors (Lipinski definition) is 0. The topological polar surface area (TPSA) is 60.9 Å². The maximum Gasteiger partial charge on any atom is 0.241 e. The molecule has 3 aliphatic rings. The first-order chi connectivity index (χ1) is 13.9. The molecule has 1 aromatic rings. The van der Waals surface area contributed by atoms with Gasteiger partial charge in [-0.2, -0.15) is 0 Å². The molecule has 0 aromatic heterocycles. The molecule has 2 heterocycles. The van der Waals surface area contributed by atoms with Crippen molar-refractivity contribution < 1.29 is 18.8 Å². The van der Waals surface area contributed by atoms with E-state index >= 15 is 0 Å². The van der Waals surface area contributed by atoms with Gasteiger partial charge in [0, 0.05) is 45.1 Å². The Balaban J connectivity index is 1.66. The van der Waals surface area contributed by atoms with Gasteiger partial charge in [-0.25, -0.2) is 4.39 Å². The van der Waals surface area contributed by atoms with Crippen molar-refractivity contribution in [2.75, 3.05) is 33.2 Å². The van der Waals surface area contributed by atoms with Crippen LogP contribution in [0.4, 0.5) is 4.39 Å². The third-order valence-electron chi connectivity index (χ3n) is 6.73. The summed E-state index contributed by atoms with van der Waals surface area (Å²) in [4.78, 5) is 45.0. The fourth-order valence-electron chi connectivity index (χ4n) is 4.97. The number of imide groups is 1. The van der Waals surface area contributed by atoms with Crippen LogP contribution in [0.15, 0.2) is 24.3 Å². The van der Waals surface area contributed by atoms with Crippen LogP contribution in [0.3, 0.4) is 0 Å². The van der Waals surface area contributed by atoms with Crippen LogP contribution in [0, 0.1) is 5.82 Å². The van der Waals surface area contributed by atoms with E-state index in [0.717, 1.165) is 38.8 Å². The van der Waals surface area contributed by atoms with Gasteiger partial charge in [0.1, 0.15) is 5.82 Å². The SMILES string of the molecule is CN1CCN(C(=O)C[C@@]2(c3cccc(F)c3)CC(=O)N(C3CCCC3)C2=O)CC1. The molecule has 1 atom stereocenters. The predicted molar refractivity (Wildman–Crippen MR) is 105 cm³/mol. The number of likely N-dealkylation sites (tertiary alicyclic amines) is 1. The third kappa shape index (κ3) is 3.68. The molecule has 1 aliphatic carbocycles. The molecule has 2 aliphatic heterocycles. The first kappa shape index (κ1) is 20.0. The molecule has 2 saturated heterocycles. The second kappa shape index (κ2) is 7.86. The minimum absolute atomic E-state index is 0.0642. The molecular weight excluding hydrogens is 373 g/mol. The molecule has 4 rings (SSSR count). The second-order valence-electron chi connectivity index (χ2n) is 8.64. The van der Waals surface area contributed by atoms with E-state index in [1.54, 1.807) is 17.0 Å². The molecule has 3 fully saturated rings. The van der Waals surface area contributed by atoms with Gasteiger partial charge >= 0.3 is 0 Å². The maximum absolute atomic E-state index is 14.0. The number of rotatable bonds is 4. The number of hydrogen-bond acceptors (Lipinski definition) is 4. The summed E-state index contributed by atoms with van der Waals surface area (Å²) in [5.41, 5.74) is -0.874. The van der Waals surface area contributed by atoms with Crippen molar-refractivity contribution in [3.63, 3.8) is 0 Å². The molecule has 3 amide bonds. The van der Waals surface area contributed by atoms with Crippen molar-refractivity contribution >= 4 is 17.7 Å². The lowest BCUT2D eigenvalue weighted by molar-refractivity contribution is -0.145. The van der Waals surface area contributed by atoms with Crippen molar-refractivity contribution in [1.82, 2.24) is 14.7 Å². The maximum atomic E-state index is 14.0. The second-order valence-corrected chi connectivity index (χ2v) is 8.64. The van der Waals surface area contributed by atoms with Gasteiger partial charge in [-0.15, -0.1) is 0 Å². The Labute approximate surface area is 170 Å². The van der Waals surface area contributed by atoms with Crippen molar-refractivity contribution in [3.8, 4) is 0 Å². The lowest BCUT2D eigenvalue weighted by Crippen LogP contribution is -2.50. The quantitative estimate of drug-likeness (QED) is 0.724. The smallest absolute Gasteiger partial charge is 0.241 e. The molecule has 0 bridgehead atoms. The van der Waals surface area contributed by atoms with Crippen LogP contribution in [0.1, 0.15) is 44.1 Å². The van der Waals surface area contributed by atoms with E-state index in [1.807, 2.05) is 7.05 Å². The summed E-state index contributed by atoms with van der Waals surface area (Å²) in [7, 11) is 2.01. The van der Waals surface area contributed by atoms with Crippen LogP contribution >= 0.6 is 0 Å². The van der Waals surface area contributed by atoms with Crippen LogP contribution in [0.2, 0.25) is 0 Å². The highest BCUT2D eigenvalue weighted by Crippen LogP contribution is 2.43. The van der Waals surface area contributed by atoms with Crippen molar-refractivity contribution in [3.05, 3.63) is 35.6 Å². The number of nitrogens with zero attached hydrogens (tertiary/aromatic N) is 3. The first-order valence-electron chi connectivity index (χ1n) is 10.5. The van der Waals surface area contributed by atoms with E-state index in [-0.39, 0.29) is 36.6 Å². The third-order valence-corrected chi connectivity index (χ3v) is 6.73. The molecule has 1 aromatic carbocycles. The van der Waals surface area contributed by atoms with Gasteiger partial charge in [0.05, 0.1) is 5.41 Å². The van der Waals surface area contributed by atoms with Crippen LogP contribution in [-0.4, -0.2) is 71.7 Å². The number of carbonyl (C=O) groups is 3. The molecule has 0 spiro atoms. The summed E-state index contributed by atoms with van der Waals surface area (Å²) in [6, 6.07) is 5.74. The number of benzene rings is 1. The Hall–Kier alpha value is -2.28. The van der Waals surface area contributed by atoms with Gasteiger partial charge in [0.25, 0.3) is 0 Å².